The highest BCUT2D eigenvalue weighted by atomic mass is 19.1. The molecular weight excluding hydrogens is 371 g/mol. The summed E-state index contributed by atoms with van der Waals surface area (Å²) in [5, 5.41) is 0. The van der Waals surface area contributed by atoms with E-state index < -0.39 is 0 Å². The first-order valence-electron chi connectivity index (χ1n) is 10.1. The second kappa shape index (κ2) is 9.74. The summed E-state index contributed by atoms with van der Waals surface area (Å²) < 4.78 is 24.2. The number of benzene rings is 2. The number of carbonyl (C=O) groups is 1. The highest BCUT2D eigenvalue weighted by molar-refractivity contribution is 5.78. The molecule has 1 amide bonds. The molecule has 1 saturated heterocycles. The van der Waals surface area contributed by atoms with Gasteiger partial charge in [0.2, 0.25) is 0 Å². The van der Waals surface area contributed by atoms with E-state index in [1.807, 2.05) is 48.2 Å². The predicted molar refractivity (Wildman–Crippen MR) is 111 cm³/mol. The average Bonchev–Trinajstić information content (AvgIpc) is 2.71. The molecule has 3 rings (SSSR count). The van der Waals surface area contributed by atoms with Crippen molar-refractivity contribution in [3.8, 4) is 11.5 Å². The number of amides is 1. The van der Waals surface area contributed by atoms with E-state index >= 15 is 0 Å². The van der Waals surface area contributed by atoms with Crippen molar-refractivity contribution < 1.29 is 18.7 Å². The maximum atomic E-state index is 13.1. The summed E-state index contributed by atoms with van der Waals surface area (Å²) in [5.74, 6) is 1.20. The van der Waals surface area contributed by atoms with Crippen LogP contribution in [0, 0.1) is 5.82 Å². The Labute approximate surface area is 172 Å². The third kappa shape index (κ3) is 5.70. The van der Waals surface area contributed by atoms with Crippen LogP contribution in [0.1, 0.15) is 26.3 Å². The maximum absolute atomic E-state index is 13.1. The molecule has 1 aliphatic rings. The third-order valence-electron chi connectivity index (χ3n) is 5.23. The van der Waals surface area contributed by atoms with E-state index in [4.69, 9.17) is 9.47 Å². The van der Waals surface area contributed by atoms with Gasteiger partial charge in [0.1, 0.15) is 17.3 Å². The van der Waals surface area contributed by atoms with Crippen LogP contribution in [0.5, 0.6) is 11.5 Å². The summed E-state index contributed by atoms with van der Waals surface area (Å²) in [4.78, 5) is 16.9. The number of rotatable bonds is 7. The lowest BCUT2D eigenvalue weighted by Crippen LogP contribution is -2.58. The molecule has 2 aromatic rings. The van der Waals surface area contributed by atoms with Gasteiger partial charge in [-0.1, -0.05) is 12.1 Å². The Balaban J connectivity index is 1.52. The highest BCUT2D eigenvalue weighted by Gasteiger charge is 2.32. The highest BCUT2D eigenvalue weighted by Crippen LogP contribution is 2.20. The Hall–Kier alpha value is -2.60. The molecule has 1 aliphatic heterocycles. The predicted octanol–water partition coefficient (Wildman–Crippen LogP) is 3.72. The standard InChI is InChI=1S/C23H29FN2O3/c1-4-28-21-9-11-22(12-10-21)29-16-23(27)26-14-17(2)25(13-18(26)3)15-19-5-7-20(24)8-6-19/h5-12,17-18H,4,13-16H2,1-3H3/t17-,18+/m0/s1. The first-order chi connectivity index (χ1) is 14.0. The number of hydrogen-bond acceptors (Lipinski definition) is 4. The lowest BCUT2D eigenvalue weighted by molar-refractivity contribution is -0.139. The van der Waals surface area contributed by atoms with Gasteiger partial charge in [-0.05, 0) is 62.7 Å². The zero-order valence-corrected chi connectivity index (χ0v) is 17.3. The van der Waals surface area contributed by atoms with Crippen molar-refractivity contribution in [3.05, 3.63) is 59.9 Å². The zero-order valence-electron chi connectivity index (χ0n) is 17.3. The second-order valence-corrected chi connectivity index (χ2v) is 7.49. The minimum atomic E-state index is -0.224. The lowest BCUT2D eigenvalue weighted by atomic mass is 10.1. The first-order valence-corrected chi connectivity index (χ1v) is 10.1. The normalized spacial score (nSPS) is 19.8. The zero-order chi connectivity index (χ0) is 20.8. The molecule has 156 valence electrons. The second-order valence-electron chi connectivity index (χ2n) is 7.49. The fourth-order valence-corrected chi connectivity index (χ4v) is 3.62. The summed E-state index contributed by atoms with van der Waals surface area (Å²) in [6, 6.07) is 14.2. The first kappa shape index (κ1) is 21.1. The van der Waals surface area contributed by atoms with Crippen molar-refractivity contribution in [3.63, 3.8) is 0 Å². The Morgan fingerprint density at radius 2 is 1.59 bits per heavy atom. The molecule has 0 saturated carbocycles. The quantitative estimate of drug-likeness (QED) is 0.710. The number of nitrogens with zero attached hydrogens (tertiary/aromatic N) is 2. The van der Waals surface area contributed by atoms with Crippen LogP contribution in [0.3, 0.4) is 0 Å². The Morgan fingerprint density at radius 3 is 2.21 bits per heavy atom. The van der Waals surface area contributed by atoms with E-state index in [2.05, 4.69) is 18.7 Å². The summed E-state index contributed by atoms with van der Waals surface area (Å²) >= 11 is 0. The van der Waals surface area contributed by atoms with Crippen molar-refractivity contribution in [2.75, 3.05) is 26.3 Å². The fraction of sp³-hybridized carbons (Fsp3) is 0.435. The van der Waals surface area contributed by atoms with Gasteiger partial charge in [0.05, 0.1) is 6.61 Å². The Kier molecular flexibility index (Phi) is 7.09. The largest absolute Gasteiger partial charge is 0.494 e. The van der Waals surface area contributed by atoms with Crippen molar-refractivity contribution in [2.24, 2.45) is 0 Å². The minimum absolute atomic E-state index is 0.0142. The molecule has 6 heteroatoms. The smallest absolute Gasteiger partial charge is 0.260 e. The van der Waals surface area contributed by atoms with Crippen LogP contribution < -0.4 is 9.47 Å². The van der Waals surface area contributed by atoms with Crippen LogP contribution >= 0.6 is 0 Å². The summed E-state index contributed by atoms with van der Waals surface area (Å²) in [5.41, 5.74) is 1.07. The summed E-state index contributed by atoms with van der Waals surface area (Å²) in [6.07, 6.45) is 0. The van der Waals surface area contributed by atoms with E-state index in [1.54, 1.807) is 0 Å². The molecule has 5 nitrogen and oxygen atoms in total. The van der Waals surface area contributed by atoms with Gasteiger partial charge in [-0.2, -0.15) is 0 Å². The molecule has 0 bridgehead atoms. The molecule has 0 aliphatic carbocycles. The van der Waals surface area contributed by atoms with Crippen LogP contribution in [0.25, 0.3) is 0 Å². The number of ether oxygens (including phenoxy) is 2. The molecule has 0 N–H and O–H groups in total. The van der Waals surface area contributed by atoms with Crippen molar-refractivity contribution in [1.82, 2.24) is 9.80 Å². The molecule has 2 atom stereocenters. The maximum Gasteiger partial charge on any atom is 0.260 e. The molecule has 0 unspecified atom stereocenters. The molecule has 2 aromatic carbocycles. The topological polar surface area (TPSA) is 42.0 Å². The van der Waals surface area contributed by atoms with Gasteiger partial charge in [-0.15, -0.1) is 0 Å². The molecule has 0 radical (unpaired) electrons. The monoisotopic (exact) mass is 400 g/mol. The van der Waals surface area contributed by atoms with Crippen molar-refractivity contribution in [1.29, 1.82) is 0 Å². The van der Waals surface area contributed by atoms with Gasteiger partial charge in [-0.25, -0.2) is 4.39 Å². The molecule has 1 heterocycles. The average molecular weight is 400 g/mol. The molecule has 0 aromatic heterocycles. The number of hydrogen-bond donors (Lipinski definition) is 0. The van der Waals surface area contributed by atoms with Crippen LogP contribution in [0.4, 0.5) is 4.39 Å². The summed E-state index contributed by atoms with van der Waals surface area (Å²) in [6.45, 7) is 8.90. The van der Waals surface area contributed by atoms with Gasteiger partial charge in [0.25, 0.3) is 5.91 Å². The fourth-order valence-electron chi connectivity index (χ4n) is 3.62. The molecule has 0 spiro atoms. The van der Waals surface area contributed by atoms with Gasteiger partial charge < -0.3 is 14.4 Å². The van der Waals surface area contributed by atoms with Crippen molar-refractivity contribution in [2.45, 2.75) is 39.4 Å². The molecule has 1 fully saturated rings. The van der Waals surface area contributed by atoms with Crippen LogP contribution in [-0.2, 0) is 11.3 Å². The van der Waals surface area contributed by atoms with E-state index in [9.17, 15) is 9.18 Å². The van der Waals surface area contributed by atoms with Gasteiger partial charge >= 0.3 is 0 Å². The number of halogens is 1. The van der Waals surface area contributed by atoms with E-state index in [0.29, 0.717) is 18.9 Å². The minimum Gasteiger partial charge on any atom is -0.494 e. The Morgan fingerprint density at radius 1 is 0.966 bits per heavy atom. The molecule has 29 heavy (non-hydrogen) atoms. The SMILES string of the molecule is CCOc1ccc(OCC(=O)N2C[C@H](C)N(Cc3ccc(F)cc3)C[C@H]2C)cc1. The Bertz CT molecular complexity index is 795. The van der Waals surface area contributed by atoms with Crippen LogP contribution in [0.15, 0.2) is 48.5 Å². The molecular formula is C23H29FN2O3. The number of piperazine rings is 1. The van der Waals surface area contributed by atoms with E-state index in [0.717, 1.165) is 24.4 Å². The lowest BCUT2D eigenvalue weighted by Gasteiger charge is -2.44. The van der Waals surface area contributed by atoms with Crippen LogP contribution in [0.2, 0.25) is 0 Å². The van der Waals surface area contributed by atoms with E-state index in [-0.39, 0.29) is 30.4 Å². The van der Waals surface area contributed by atoms with E-state index in [1.165, 1.54) is 12.1 Å². The van der Waals surface area contributed by atoms with Gasteiger partial charge in [-0.3, -0.25) is 9.69 Å². The summed E-state index contributed by atoms with van der Waals surface area (Å²) in [7, 11) is 0. The third-order valence-corrected chi connectivity index (χ3v) is 5.23. The van der Waals surface area contributed by atoms with Gasteiger partial charge in [0.15, 0.2) is 6.61 Å². The number of carbonyl (C=O) groups excluding carboxylic acids is 1. The van der Waals surface area contributed by atoms with Crippen molar-refractivity contribution >= 4 is 5.91 Å². The van der Waals surface area contributed by atoms with Crippen LogP contribution in [-0.4, -0.2) is 54.1 Å². The van der Waals surface area contributed by atoms with Gasteiger partial charge in [0, 0.05) is 31.7 Å².